The number of carbonyl (C=O) groups excluding carboxylic acids is 1. The average Bonchev–Trinajstić information content (AvgIpc) is 3.14. The Kier molecular flexibility index (Phi) is 11.7. The van der Waals surface area contributed by atoms with Gasteiger partial charge < -0.3 is 60.0 Å². The molecule has 58 heavy (non-hydrogen) atoms. The maximum atomic E-state index is 13.1. The highest BCUT2D eigenvalue weighted by Gasteiger charge is 2.69. The van der Waals surface area contributed by atoms with E-state index >= 15 is 0 Å². The lowest BCUT2D eigenvalue weighted by Gasteiger charge is -2.71. The van der Waals surface area contributed by atoms with Crippen molar-refractivity contribution in [3.8, 4) is 0 Å². The smallest absolute Gasteiger partial charge is 0.310 e. The number of nitrogens with one attached hydrogen (secondary N) is 1. The monoisotopic (exact) mass is 821 g/mol. The first-order valence-corrected chi connectivity index (χ1v) is 21.8. The first-order chi connectivity index (χ1) is 27.0. The van der Waals surface area contributed by atoms with Gasteiger partial charge in [0.15, 0.2) is 12.6 Å². The van der Waals surface area contributed by atoms with E-state index in [0.717, 1.165) is 51.4 Å². The van der Waals surface area contributed by atoms with Crippen molar-refractivity contribution < 1.29 is 64.3 Å². The average molecular weight is 822 g/mol. The maximum absolute atomic E-state index is 13.1. The summed E-state index contributed by atoms with van der Waals surface area (Å²) in [5.41, 5.74) is 0.267. The van der Waals surface area contributed by atoms with E-state index in [0.29, 0.717) is 18.8 Å². The molecule has 0 spiro atoms. The van der Waals surface area contributed by atoms with E-state index in [1.807, 2.05) is 0 Å². The molecule has 0 aromatic heterocycles. The van der Waals surface area contributed by atoms with E-state index in [9.17, 15) is 45.3 Å². The number of fused-ring (bicyclic) bond motifs is 7. The van der Waals surface area contributed by atoms with Gasteiger partial charge in [0.25, 0.3) is 0 Å². The van der Waals surface area contributed by atoms with Crippen LogP contribution in [-0.4, -0.2) is 128 Å². The molecule has 7 aliphatic rings. The van der Waals surface area contributed by atoms with Crippen LogP contribution in [0.4, 0.5) is 0 Å². The number of aliphatic hydroxyl groups excluding tert-OH is 6. The quantitative estimate of drug-likeness (QED) is 0.130. The summed E-state index contributed by atoms with van der Waals surface area (Å²) in [5, 5.41) is 76.6. The van der Waals surface area contributed by atoms with Crippen LogP contribution < -0.4 is 5.32 Å². The number of allylic oxidation sites excluding steroid dienone is 2. The molecule has 6 fully saturated rings. The van der Waals surface area contributed by atoms with Crippen molar-refractivity contribution in [1.82, 2.24) is 5.32 Å². The van der Waals surface area contributed by atoms with Crippen LogP contribution in [0, 0.1) is 50.2 Å². The number of ether oxygens (including phenoxy) is 4. The van der Waals surface area contributed by atoms with Gasteiger partial charge in [-0.1, -0.05) is 60.1 Å². The van der Waals surface area contributed by atoms with Gasteiger partial charge in [0.2, 0.25) is 5.91 Å². The molecule has 0 radical (unpaired) electrons. The second-order valence-electron chi connectivity index (χ2n) is 21.4. The third-order valence-electron chi connectivity index (χ3n) is 17.6. The molecule has 4 saturated carbocycles. The Bertz CT molecular complexity index is 1600. The lowest BCUT2D eigenvalue weighted by molar-refractivity contribution is -0.331. The van der Waals surface area contributed by atoms with Crippen LogP contribution in [0.15, 0.2) is 11.6 Å². The molecule has 2 aliphatic heterocycles. The summed E-state index contributed by atoms with van der Waals surface area (Å²) >= 11 is 0. The number of carbonyl (C=O) groups is 2. The largest absolute Gasteiger partial charge is 0.481 e. The third-order valence-corrected chi connectivity index (χ3v) is 17.6. The number of aliphatic hydroxyl groups is 6. The van der Waals surface area contributed by atoms with Crippen LogP contribution >= 0.6 is 0 Å². The minimum Gasteiger partial charge on any atom is -0.481 e. The highest BCUT2D eigenvalue weighted by Crippen LogP contribution is 2.76. The number of carboxylic acids is 1. The van der Waals surface area contributed by atoms with Gasteiger partial charge >= 0.3 is 5.97 Å². The van der Waals surface area contributed by atoms with Gasteiger partial charge in [-0.3, -0.25) is 9.59 Å². The minimum absolute atomic E-state index is 0.0181. The normalized spacial score (nSPS) is 50.9. The van der Waals surface area contributed by atoms with Gasteiger partial charge in [-0.25, -0.2) is 0 Å². The van der Waals surface area contributed by atoms with Crippen molar-refractivity contribution in [2.45, 2.75) is 187 Å². The van der Waals surface area contributed by atoms with Gasteiger partial charge in [0.1, 0.15) is 48.8 Å². The summed E-state index contributed by atoms with van der Waals surface area (Å²) in [6.45, 7) is 16.7. The molecule has 14 heteroatoms. The number of hydrogen-bond acceptors (Lipinski definition) is 12. The fraction of sp³-hybridized carbons (Fsp3) is 0.909. The number of hydrogen-bond donors (Lipinski definition) is 8. The molecule has 0 aromatic rings. The Hall–Kier alpha value is -1.72. The summed E-state index contributed by atoms with van der Waals surface area (Å²) in [7, 11) is 0. The van der Waals surface area contributed by atoms with Crippen LogP contribution in [0.3, 0.4) is 0 Å². The molecule has 0 bridgehead atoms. The Morgan fingerprint density at radius 1 is 0.793 bits per heavy atom. The van der Waals surface area contributed by atoms with Crippen molar-refractivity contribution in [3.63, 3.8) is 0 Å². The zero-order valence-electron chi connectivity index (χ0n) is 35.7. The first-order valence-electron chi connectivity index (χ1n) is 21.8. The number of amides is 1. The van der Waals surface area contributed by atoms with Crippen molar-refractivity contribution >= 4 is 11.9 Å². The Labute approximate surface area is 343 Å². The predicted molar refractivity (Wildman–Crippen MR) is 210 cm³/mol. The molecule has 5 aliphatic carbocycles. The highest BCUT2D eigenvalue weighted by atomic mass is 16.7. The number of aliphatic carboxylic acids is 1. The summed E-state index contributed by atoms with van der Waals surface area (Å²) in [6.07, 6.45) is -2.20. The molecule has 0 aromatic carbocycles. The van der Waals surface area contributed by atoms with Crippen molar-refractivity contribution in [3.05, 3.63) is 11.6 Å². The topological polar surface area (TPSA) is 225 Å². The van der Waals surface area contributed by atoms with Gasteiger partial charge in [0.05, 0.1) is 24.7 Å². The van der Waals surface area contributed by atoms with Crippen LogP contribution in [0.1, 0.15) is 120 Å². The summed E-state index contributed by atoms with van der Waals surface area (Å²) in [4.78, 5) is 25.5. The summed E-state index contributed by atoms with van der Waals surface area (Å²) in [6, 6.07) is -1.11. The SMILES string of the molecule is CC(=O)N[C@H]1[C@H](O[C@H]2CC[C@@]3(C)C(CC[C@]4(C)C3CC=C3[C@@H]5CC(C)(C)CC[C@]5(C(=O)O)CC[C@]34C)C2(C)C)O[C@H](CO[C@@H]2O[C@H](CO)[C@@H](O)[C@H](O)[C@H]2O)[C@@H](O)[C@@H]1O. The molecule has 2 heterocycles. The van der Waals surface area contributed by atoms with Gasteiger partial charge in [-0.2, -0.15) is 0 Å². The molecule has 2 saturated heterocycles. The standard InChI is InChI=1S/C44H71NO13/c1-22(47)45-30-33(50)32(49)26(21-55-37-35(52)34(51)31(48)25(20-46)56-37)57-36(30)58-29-12-13-41(6)27(40(29,4)5)11-14-43(8)28(41)10-9-23-24-19-39(2,3)15-17-44(24,38(53)54)18-16-42(23,43)7/h9,24-37,46,48-52H,10-21H2,1-8H3,(H,45,47)(H,53,54)/t24-,25+,26+,27?,28?,29-,30+,31+,32+,33+,34-,35+,36-,37+,41-,42+,43+,44-/m0/s1. The van der Waals surface area contributed by atoms with Crippen LogP contribution in [-0.2, 0) is 28.5 Å². The van der Waals surface area contributed by atoms with E-state index in [2.05, 4.69) is 59.9 Å². The number of rotatable bonds is 8. The molecular weight excluding hydrogens is 750 g/mol. The van der Waals surface area contributed by atoms with E-state index in [-0.39, 0.29) is 45.0 Å². The lowest BCUT2D eigenvalue weighted by atomic mass is 9.33. The molecule has 14 nitrogen and oxygen atoms in total. The Morgan fingerprint density at radius 2 is 1.45 bits per heavy atom. The zero-order chi connectivity index (χ0) is 42.5. The van der Waals surface area contributed by atoms with Crippen molar-refractivity contribution in [2.75, 3.05) is 13.2 Å². The fourth-order valence-electron chi connectivity index (χ4n) is 14.0. The Balaban J connectivity index is 1.11. The van der Waals surface area contributed by atoms with Gasteiger partial charge in [-0.05, 0) is 109 Å². The first kappa shape index (κ1) is 44.3. The van der Waals surface area contributed by atoms with Gasteiger partial charge in [-0.15, -0.1) is 0 Å². The summed E-state index contributed by atoms with van der Waals surface area (Å²) in [5.74, 6) is -0.389. The van der Waals surface area contributed by atoms with Crippen LogP contribution in [0.2, 0.25) is 0 Å². The fourth-order valence-corrected chi connectivity index (χ4v) is 14.0. The molecule has 7 rings (SSSR count). The highest BCUT2D eigenvalue weighted by molar-refractivity contribution is 5.76. The Morgan fingerprint density at radius 3 is 2.10 bits per heavy atom. The van der Waals surface area contributed by atoms with Crippen molar-refractivity contribution in [1.29, 1.82) is 0 Å². The van der Waals surface area contributed by atoms with E-state index in [1.54, 1.807) is 0 Å². The van der Waals surface area contributed by atoms with E-state index in [4.69, 9.17) is 18.9 Å². The molecule has 2 unspecified atom stereocenters. The van der Waals surface area contributed by atoms with Crippen molar-refractivity contribution in [2.24, 2.45) is 50.2 Å². The van der Waals surface area contributed by atoms with Crippen LogP contribution in [0.25, 0.3) is 0 Å². The van der Waals surface area contributed by atoms with E-state index < -0.39 is 91.9 Å². The molecule has 330 valence electrons. The van der Waals surface area contributed by atoms with Crippen LogP contribution in [0.5, 0.6) is 0 Å². The molecular formula is C44H71NO13. The molecule has 1 amide bonds. The van der Waals surface area contributed by atoms with E-state index in [1.165, 1.54) is 12.5 Å². The second-order valence-corrected chi connectivity index (χ2v) is 21.4. The maximum Gasteiger partial charge on any atom is 0.310 e. The number of carboxylic acid groups (broad SMARTS) is 1. The predicted octanol–water partition coefficient (Wildman–Crippen LogP) is 3.03. The minimum atomic E-state index is -1.66. The van der Waals surface area contributed by atoms with Gasteiger partial charge in [0, 0.05) is 6.92 Å². The second kappa shape index (κ2) is 15.3. The summed E-state index contributed by atoms with van der Waals surface area (Å²) < 4.78 is 24.3. The third kappa shape index (κ3) is 6.82. The lowest BCUT2D eigenvalue weighted by Crippen LogP contribution is -2.67. The molecule has 8 N–H and O–H groups in total. The zero-order valence-corrected chi connectivity index (χ0v) is 35.7. The molecule has 18 atom stereocenters.